The molecule has 6 heteroatoms. The van der Waals surface area contributed by atoms with Crippen molar-refractivity contribution in [3.8, 4) is 0 Å². The van der Waals surface area contributed by atoms with Gasteiger partial charge >= 0.3 is 0 Å². The molecule has 1 aliphatic rings. The molecule has 0 radical (unpaired) electrons. The summed E-state index contributed by atoms with van der Waals surface area (Å²) in [4.78, 5) is 24.2. The molecular formula is C21H24N4OS. The van der Waals surface area contributed by atoms with Gasteiger partial charge in [0, 0.05) is 10.8 Å². The fourth-order valence-electron chi connectivity index (χ4n) is 3.63. The number of rotatable bonds is 5. The van der Waals surface area contributed by atoms with Crippen LogP contribution in [-0.4, -0.2) is 40.1 Å². The SMILES string of the molecule is CSc1ccccc1NC(=O)C1CCN(Cc2nc3ccccc3[nH]2)CC1. The Bertz CT molecular complexity index is 898. The maximum Gasteiger partial charge on any atom is 0.227 e. The normalized spacial score (nSPS) is 15.9. The standard InChI is InChI=1S/C21H24N4OS/c1-27-19-9-5-4-8-18(19)24-21(26)15-10-12-25(13-11-15)14-20-22-16-6-2-3-7-17(16)23-20/h2-9,15H,10-14H2,1H3,(H,22,23)(H,24,26). The highest BCUT2D eigenvalue weighted by atomic mass is 32.2. The molecule has 0 aliphatic carbocycles. The van der Waals surface area contributed by atoms with Gasteiger partial charge in [0.05, 0.1) is 23.3 Å². The number of imidazole rings is 1. The highest BCUT2D eigenvalue weighted by Gasteiger charge is 2.25. The van der Waals surface area contributed by atoms with Crippen LogP contribution in [0.15, 0.2) is 53.4 Å². The van der Waals surface area contributed by atoms with Gasteiger partial charge in [-0.25, -0.2) is 4.98 Å². The second kappa shape index (κ2) is 8.15. The molecule has 0 atom stereocenters. The molecule has 1 fully saturated rings. The molecule has 140 valence electrons. The molecule has 1 aromatic heterocycles. The van der Waals surface area contributed by atoms with Crippen LogP contribution in [0.5, 0.6) is 0 Å². The van der Waals surface area contributed by atoms with Crippen LogP contribution < -0.4 is 5.32 Å². The van der Waals surface area contributed by atoms with E-state index in [1.54, 1.807) is 11.8 Å². The zero-order chi connectivity index (χ0) is 18.6. The van der Waals surface area contributed by atoms with E-state index in [0.29, 0.717) is 0 Å². The van der Waals surface area contributed by atoms with Crippen molar-refractivity contribution in [2.24, 2.45) is 5.92 Å². The number of piperidine rings is 1. The number of H-pyrrole nitrogens is 1. The average Bonchev–Trinajstić information content (AvgIpc) is 3.11. The van der Waals surface area contributed by atoms with Crippen molar-refractivity contribution in [1.29, 1.82) is 0 Å². The number of nitrogens with one attached hydrogen (secondary N) is 2. The number of thioether (sulfide) groups is 1. The average molecular weight is 381 g/mol. The van der Waals surface area contributed by atoms with Crippen LogP contribution in [-0.2, 0) is 11.3 Å². The van der Waals surface area contributed by atoms with Crippen LogP contribution in [0.4, 0.5) is 5.69 Å². The van der Waals surface area contributed by atoms with E-state index in [9.17, 15) is 4.79 Å². The minimum Gasteiger partial charge on any atom is -0.341 e. The van der Waals surface area contributed by atoms with Crippen molar-refractivity contribution < 1.29 is 4.79 Å². The van der Waals surface area contributed by atoms with Gasteiger partial charge in [0.15, 0.2) is 0 Å². The lowest BCUT2D eigenvalue weighted by molar-refractivity contribution is -0.121. The van der Waals surface area contributed by atoms with Gasteiger partial charge in [-0.15, -0.1) is 11.8 Å². The van der Waals surface area contributed by atoms with Crippen molar-refractivity contribution in [3.05, 3.63) is 54.4 Å². The first-order chi connectivity index (χ1) is 13.2. The molecule has 0 bridgehead atoms. The lowest BCUT2D eigenvalue weighted by atomic mass is 9.96. The van der Waals surface area contributed by atoms with Gasteiger partial charge in [-0.3, -0.25) is 9.69 Å². The van der Waals surface area contributed by atoms with E-state index in [-0.39, 0.29) is 11.8 Å². The van der Waals surface area contributed by atoms with Crippen molar-refractivity contribution in [2.45, 2.75) is 24.3 Å². The number of benzene rings is 2. The Morgan fingerprint density at radius 3 is 2.70 bits per heavy atom. The summed E-state index contributed by atoms with van der Waals surface area (Å²) in [5.41, 5.74) is 3.00. The summed E-state index contributed by atoms with van der Waals surface area (Å²) in [5, 5.41) is 3.12. The maximum absolute atomic E-state index is 12.7. The maximum atomic E-state index is 12.7. The first kappa shape index (κ1) is 18.1. The fourth-order valence-corrected chi connectivity index (χ4v) is 4.18. The largest absolute Gasteiger partial charge is 0.341 e. The number of aromatic nitrogens is 2. The van der Waals surface area contributed by atoms with Crippen LogP contribution >= 0.6 is 11.8 Å². The number of aromatic amines is 1. The summed E-state index contributed by atoms with van der Waals surface area (Å²) < 4.78 is 0. The van der Waals surface area contributed by atoms with Gasteiger partial charge in [-0.05, 0) is 56.5 Å². The van der Waals surface area contributed by atoms with Gasteiger partial charge in [-0.1, -0.05) is 24.3 Å². The smallest absolute Gasteiger partial charge is 0.227 e. The molecule has 27 heavy (non-hydrogen) atoms. The van der Waals surface area contributed by atoms with E-state index in [0.717, 1.165) is 59.9 Å². The number of nitrogens with zero attached hydrogens (tertiary/aromatic N) is 2. The Hall–Kier alpha value is -2.31. The fraction of sp³-hybridized carbons (Fsp3) is 0.333. The number of carbonyl (C=O) groups is 1. The Labute approximate surface area is 163 Å². The molecule has 4 rings (SSSR count). The molecule has 2 aromatic carbocycles. The van der Waals surface area contributed by atoms with E-state index < -0.39 is 0 Å². The van der Waals surface area contributed by atoms with E-state index >= 15 is 0 Å². The molecule has 0 unspecified atom stereocenters. The Kier molecular flexibility index (Phi) is 5.45. The van der Waals surface area contributed by atoms with Crippen molar-refractivity contribution in [1.82, 2.24) is 14.9 Å². The van der Waals surface area contributed by atoms with E-state index in [2.05, 4.69) is 26.3 Å². The summed E-state index contributed by atoms with van der Waals surface area (Å²) in [6.45, 7) is 2.64. The molecular weight excluding hydrogens is 356 g/mol. The summed E-state index contributed by atoms with van der Waals surface area (Å²) in [5.74, 6) is 1.21. The van der Waals surface area contributed by atoms with Crippen LogP contribution in [0.3, 0.4) is 0 Å². The minimum absolute atomic E-state index is 0.0758. The highest BCUT2D eigenvalue weighted by Crippen LogP contribution is 2.27. The van der Waals surface area contributed by atoms with Crippen molar-refractivity contribution >= 4 is 34.4 Å². The van der Waals surface area contributed by atoms with Crippen LogP contribution in [0.1, 0.15) is 18.7 Å². The van der Waals surface area contributed by atoms with Crippen LogP contribution in [0.25, 0.3) is 11.0 Å². The second-order valence-corrected chi connectivity index (χ2v) is 7.79. The predicted octanol–water partition coefficient (Wildman–Crippen LogP) is 4.14. The van der Waals surface area contributed by atoms with Crippen molar-refractivity contribution in [3.63, 3.8) is 0 Å². The second-order valence-electron chi connectivity index (χ2n) is 6.94. The number of likely N-dealkylation sites (tertiary alicyclic amines) is 1. The topological polar surface area (TPSA) is 61.0 Å². The Balaban J connectivity index is 1.32. The number of para-hydroxylation sites is 3. The number of fused-ring (bicyclic) bond motifs is 1. The third kappa shape index (κ3) is 4.17. The van der Waals surface area contributed by atoms with Gasteiger partial charge in [0.2, 0.25) is 5.91 Å². The summed E-state index contributed by atoms with van der Waals surface area (Å²) in [7, 11) is 0. The lowest BCUT2D eigenvalue weighted by Crippen LogP contribution is -2.38. The van der Waals surface area contributed by atoms with Crippen LogP contribution in [0, 0.1) is 5.92 Å². The molecule has 1 amide bonds. The third-order valence-corrected chi connectivity index (χ3v) is 5.93. The van der Waals surface area contributed by atoms with Gasteiger partial charge in [0.25, 0.3) is 0 Å². The number of hydrogen-bond acceptors (Lipinski definition) is 4. The number of anilines is 1. The molecule has 3 aromatic rings. The molecule has 2 N–H and O–H groups in total. The molecule has 1 aliphatic heterocycles. The van der Waals surface area contributed by atoms with E-state index in [1.165, 1.54) is 0 Å². The number of hydrogen-bond donors (Lipinski definition) is 2. The summed E-state index contributed by atoms with van der Waals surface area (Å²) in [6.07, 6.45) is 3.79. The Morgan fingerprint density at radius 2 is 1.93 bits per heavy atom. The number of carbonyl (C=O) groups excluding carboxylic acids is 1. The first-order valence-corrected chi connectivity index (χ1v) is 10.6. The zero-order valence-corrected chi connectivity index (χ0v) is 16.3. The van der Waals surface area contributed by atoms with Gasteiger partial charge in [0.1, 0.15) is 5.82 Å². The van der Waals surface area contributed by atoms with E-state index in [1.807, 2.05) is 48.7 Å². The quantitative estimate of drug-likeness (QED) is 0.653. The zero-order valence-electron chi connectivity index (χ0n) is 15.4. The predicted molar refractivity (Wildman–Crippen MR) is 111 cm³/mol. The number of amides is 1. The molecule has 1 saturated heterocycles. The third-order valence-electron chi connectivity index (χ3n) is 5.14. The first-order valence-electron chi connectivity index (χ1n) is 9.33. The molecule has 2 heterocycles. The van der Waals surface area contributed by atoms with Gasteiger partial charge < -0.3 is 10.3 Å². The molecule has 0 saturated carbocycles. The highest BCUT2D eigenvalue weighted by molar-refractivity contribution is 7.98. The Morgan fingerprint density at radius 1 is 1.19 bits per heavy atom. The summed E-state index contributed by atoms with van der Waals surface area (Å²) in [6, 6.07) is 16.1. The summed E-state index contributed by atoms with van der Waals surface area (Å²) >= 11 is 1.65. The van der Waals surface area contributed by atoms with E-state index in [4.69, 9.17) is 0 Å². The monoisotopic (exact) mass is 380 g/mol. The minimum atomic E-state index is 0.0758. The van der Waals surface area contributed by atoms with Crippen LogP contribution in [0.2, 0.25) is 0 Å². The lowest BCUT2D eigenvalue weighted by Gasteiger charge is -2.30. The van der Waals surface area contributed by atoms with Crippen molar-refractivity contribution in [2.75, 3.05) is 24.7 Å². The molecule has 0 spiro atoms. The molecule has 5 nitrogen and oxygen atoms in total. The van der Waals surface area contributed by atoms with Gasteiger partial charge in [-0.2, -0.15) is 0 Å².